The summed E-state index contributed by atoms with van der Waals surface area (Å²) in [5.74, 6) is -0.290. The van der Waals surface area contributed by atoms with E-state index >= 15 is 0 Å². The topological polar surface area (TPSA) is 38.3 Å². The van der Waals surface area contributed by atoms with Gasteiger partial charge in [0.25, 0.3) is 5.91 Å². The molecule has 1 amide bonds. The summed E-state index contributed by atoms with van der Waals surface area (Å²) in [6.07, 6.45) is 0.0628. The Kier molecular flexibility index (Phi) is 4.81. The van der Waals surface area contributed by atoms with Crippen LogP contribution < -0.4 is 10.1 Å². The molecule has 3 nitrogen and oxygen atoms in total. The SMILES string of the molecule is CC(C)Oc1ccc(C(=O)Nc2ccc(Cl)cc2F)cc1. The molecule has 0 heterocycles. The van der Waals surface area contributed by atoms with Crippen molar-refractivity contribution in [1.82, 2.24) is 0 Å². The maximum Gasteiger partial charge on any atom is 0.255 e. The molecule has 21 heavy (non-hydrogen) atoms. The zero-order chi connectivity index (χ0) is 15.4. The number of halogens is 2. The van der Waals surface area contributed by atoms with Crippen molar-refractivity contribution in [2.45, 2.75) is 20.0 Å². The second-order valence-electron chi connectivity index (χ2n) is 4.77. The number of nitrogens with one attached hydrogen (secondary N) is 1. The zero-order valence-corrected chi connectivity index (χ0v) is 12.4. The minimum Gasteiger partial charge on any atom is -0.491 e. The van der Waals surface area contributed by atoms with E-state index in [1.54, 1.807) is 24.3 Å². The van der Waals surface area contributed by atoms with Crippen LogP contribution in [-0.4, -0.2) is 12.0 Å². The average molecular weight is 308 g/mol. The number of amides is 1. The molecule has 0 aliphatic heterocycles. The number of carbonyl (C=O) groups is 1. The van der Waals surface area contributed by atoms with Gasteiger partial charge in [0.15, 0.2) is 0 Å². The summed E-state index contributed by atoms with van der Waals surface area (Å²) in [5, 5.41) is 2.78. The molecule has 2 rings (SSSR count). The fraction of sp³-hybridized carbons (Fsp3) is 0.188. The van der Waals surface area contributed by atoms with Crippen LogP contribution in [-0.2, 0) is 0 Å². The van der Waals surface area contributed by atoms with Crippen molar-refractivity contribution >= 4 is 23.2 Å². The highest BCUT2D eigenvalue weighted by Crippen LogP contribution is 2.20. The van der Waals surface area contributed by atoms with Crippen molar-refractivity contribution in [3.63, 3.8) is 0 Å². The van der Waals surface area contributed by atoms with E-state index in [1.807, 2.05) is 13.8 Å². The lowest BCUT2D eigenvalue weighted by Gasteiger charge is -2.10. The Morgan fingerprint density at radius 3 is 2.43 bits per heavy atom. The van der Waals surface area contributed by atoms with Crippen LogP contribution in [0.5, 0.6) is 5.75 Å². The van der Waals surface area contributed by atoms with Gasteiger partial charge in [-0.05, 0) is 56.3 Å². The summed E-state index contributed by atoms with van der Waals surface area (Å²) in [5.41, 5.74) is 0.507. The van der Waals surface area contributed by atoms with Gasteiger partial charge in [-0.15, -0.1) is 0 Å². The number of hydrogen-bond donors (Lipinski definition) is 1. The Labute approximate surface area is 127 Å². The predicted octanol–water partition coefficient (Wildman–Crippen LogP) is 4.52. The standard InChI is InChI=1S/C16H15ClFNO2/c1-10(2)21-13-6-3-11(4-7-13)16(20)19-15-8-5-12(17)9-14(15)18/h3-10H,1-2H3,(H,19,20). The number of benzene rings is 2. The monoisotopic (exact) mass is 307 g/mol. The van der Waals surface area contributed by atoms with Crippen LogP contribution >= 0.6 is 11.6 Å². The molecular weight excluding hydrogens is 293 g/mol. The van der Waals surface area contributed by atoms with Gasteiger partial charge in [0, 0.05) is 10.6 Å². The van der Waals surface area contributed by atoms with Gasteiger partial charge in [0.1, 0.15) is 11.6 Å². The van der Waals surface area contributed by atoms with Crippen LogP contribution in [0, 0.1) is 5.82 Å². The van der Waals surface area contributed by atoms with Crippen molar-refractivity contribution in [2.24, 2.45) is 0 Å². The molecule has 2 aromatic carbocycles. The molecule has 0 atom stereocenters. The number of anilines is 1. The molecule has 0 unspecified atom stereocenters. The van der Waals surface area contributed by atoms with Gasteiger partial charge < -0.3 is 10.1 Å². The van der Waals surface area contributed by atoms with Crippen LogP contribution in [0.15, 0.2) is 42.5 Å². The van der Waals surface area contributed by atoms with Gasteiger partial charge >= 0.3 is 0 Å². The molecule has 0 radical (unpaired) electrons. The van der Waals surface area contributed by atoms with Crippen LogP contribution in [0.1, 0.15) is 24.2 Å². The average Bonchev–Trinajstić information content (AvgIpc) is 2.42. The third-order valence-electron chi connectivity index (χ3n) is 2.67. The maximum absolute atomic E-state index is 13.6. The van der Waals surface area contributed by atoms with E-state index in [-0.39, 0.29) is 16.8 Å². The molecule has 0 saturated heterocycles. The summed E-state index contributed by atoms with van der Waals surface area (Å²) >= 11 is 5.66. The van der Waals surface area contributed by atoms with Crippen molar-refractivity contribution in [3.8, 4) is 5.75 Å². The molecule has 2 aromatic rings. The van der Waals surface area contributed by atoms with Crippen molar-refractivity contribution < 1.29 is 13.9 Å². The first-order chi connectivity index (χ1) is 9.95. The molecule has 0 saturated carbocycles. The van der Waals surface area contributed by atoms with Gasteiger partial charge in [-0.25, -0.2) is 4.39 Å². The highest BCUT2D eigenvalue weighted by molar-refractivity contribution is 6.30. The fourth-order valence-electron chi connectivity index (χ4n) is 1.74. The normalized spacial score (nSPS) is 10.5. The van der Waals surface area contributed by atoms with Gasteiger partial charge in [-0.2, -0.15) is 0 Å². The van der Waals surface area contributed by atoms with E-state index in [2.05, 4.69) is 5.32 Å². The summed E-state index contributed by atoms with van der Waals surface area (Å²) < 4.78 is 19.1. The molecule has 0 bridgehead atoms. The van der Waals surface area contributed by atoms with Crippen LogP contribution in [0.4, 0.5) is 10.1 Å². The van der Waals surface area contributed by atoms with Gasteiger partial charge in [-0.1, -0.05) is 11.6 Å². The molecule has 0 aliphatic carbocycles. The van der Waals surface area contributed by atoms with Crippen LogP contribution in [0.2, 0.25) is 5.02 Å². The quantitative estimate of drug-likeness (QED) is 0.902. The Balaban J connectivity index is 2.09. The summed E-state index contributed by atoms with van der Waals surface area (Å²) in [7, 11) is 0. The summed E-state index contributed by atoms with van der Waals surface area (Å²) in [6, 6.07) is 10.7. The van der Waals surface area contributed by atoms with Crippen LogP contribution in [0.3, 0.4) is 0 Å². The first-order valence-corrected chi connectivity index (χ1v) is 6.86. The minimum absolute atomic E-state index is 0.0628. The maximum atomic E-state index is 13.6. The number of carbonyl (C=O) groups excluding carboxylic acids is 1. The summed E-state index contributed by atoms with van der Waals surface area (Å²) in [4.78, 5) is 12.0. The van der Waals surface area contributed by atoms with E-state index < -0.39 is 11.7 Å². The first-order valence-electron chi connectivity index (χ1n) is 6.49. The Bertz CT molecular complexity index is 641. The third-order valence-corrected chi connectivity index (χ3v) is 2.90. The molecule has 0 aliphatic rings. The van der Waals surface area contributed by atoms with Gasteiger partial charge in [0.2, 0.25) is 0 Å². The highest BCUT2D eigenvalue weighted by atomic mass is 35.5. The Morgan fingerprint density at radius 1 is 1.19 bits per heavy atom. The predicted molar refractivity (Wildman–Crippen MR) is 81.6 cm³/mol. The highest BCUT2D eigenvalue weighted by Gasteiger charge is 2.10. The van der Waals surface area contributed by atoms with E-state index in [4.69, 9.17) is 16.3 Å². The van der Waals surface area contributed by atoms with E-state index in [9.17, 15) is 9.18 Å². The lowest BCUT2D eigenvalue weighted by molar-refractivity contribution is 0.102. The smallest absolute Gasteiger partial charge is 0.255 e. The molecule has 5 heteroatoms. The van der Waals surface area contributed by atoms with E-state index in [0.717, 1.165) is 6.07 Å². The van der Waals surface area contributed by atoms with E-state index in [0.29, 0.717) is 11.3 Å². The third kappa shape index (κ3) is 4.20. The largest absolute Gasteiger partial charge is 0.491 e. The molecule has 1 N–H and O–H groups in total. The second-order valence-corrected chi connectivity index (χ2v) is 5.21. The number of hydrogen-bond acceptors (Lipinski definition) is 2. The second kappa shape index (κ2) is 6.59. The van der Waals surface area contributed by atoms with Crippen LogP contribution in [0.25, 0.3) is 0 Å². The minimum atomic E-state index is -0.574. The first kappa shape index (κ1) is 15.3. The van der Waals surface area contributed by atoms with Gasteiger partial charge in [-0.3, -0.25) is 4.79 Å². The van der Waals surface area contributed by atoms with Gasteiger partial charge in [0.05, 0.1) is 11.8 Å². The molecule has 0 spiro atoms. The van der Waals surface area contributed by atoms with Crippen molar-refractivity contribution in [3.05, 3.63) is 58.9 Å². The van der Waals surface area contributed by atoms with Crippen molar-refractivity contribution in [2.75, 3.05) is 5.32 Å². The van der Waals surface area contributed by atoms with Crippen molar-refractivity contribution in [1.29, 1.82) is 0 Å². The number of ether oxygens (including phenoxy) is 1. The molecule has 0 fully saturated rings. The Hall–Kier alpha value is -2.07. The molecular formula is C16H15ClFNO2. The summed E-state index contributed by atoms with van der Waals surface area (Å²) in [6.45, 7) is 3.84. The molecule has 0 aromatic heterocycles. The number of rotatable bonds is 4. The Morgan fingerprint density at radius 2 is 1.86 bits per heavy atom. The molecule has 110 valence electrons. The zero-order valence-electron chi connectivity index (χ0n) is 11.7. The lowest BCUT2D eigenvalue weighted by Crippen LogP contribution is -2.13. The lowest BCUT2D eigenvalue weighted by atomic mass is 10.2. The van der Waals surface area contributed by atoms with E-state index in [1.165, 1.54) is 12.1 Å². The fourth-order valence-corrected chi connectivity index (χ4v) is 1.90.